The number of halogens is 1. The standard InChI is InChI=1S/C14H26FNO4/c1-13(2,3)20-12(17)16-7-6-11(10(15)8-16)19-9-14(4,5)18/h10-11,18H,6-9H2,1-5H3/t10-,11-/m0/s1. The first-order chi connectivity index (χ1) is 8.98. The monoisotopic (exact) mass is 291 g/mol. The number of piperidine rings is 1. The number of hydrogen-bond donors (Lipinski definition) is 1. The Morgan fingerprint density at radius 2 is 1.95 bits per heavy atom. The fraction of sp³-hybridized carbons (Fsp3) is 0.929. The minimum absolute atomic E-state index is 0.0363. The van der Waals surface area contributed by atoms with Gasteiger partial charge in [0.25, 0.3) is 0 Å². The minimum Gasteiger partial charge on any atom is -0.444 e. The number of amides is 1. The van der Waals surface area contributed by atoms with E-state index in [1.165, 1.54) is 4.90 Å². The fourth-order valence-electron chi connectivity index (χ4n) is 1.87. The highest BCUT2D eigenvalue weighted by Gasteiger charge is 2.34. The number of hydrogen-bond acceptors (Lipinski definition) is 4. The van der Waals surface area contributed by atoms with Crippen molar-refractivity contribution >= 4 is 6.09 Å². The first kappa shape index (κ1) is 17.2. The molecule has 1 saturated heterocycles. The smallest absolute Gasteiger partial charge is 0.410 e. The molecule has 0 aromatic heterocycles. The summed E-state index contributed by atoms with van der Waals surface area (Å²) in [6, 6.07) is 0. The molecule has 0 radical (unpaired) electrons. The summed E-state index contributed by atoms with van der Waals surface area (Å²) in [5.74, 6) is 0. The van der Waals surface area contributed by atoms with Crippen molar-refractivity contribution in [1.29, 1.82) is 0 Å². The molecule has 0 unspecified atom stereocenters. The Morgan fingerprint density at radius 1 is 1.35 bits per heavy atom. The SMILES string of the molecule is CC(C)(O)CO[C@H]1CCN(C(=O)OC(C)(C)C)C[C@@H]1F. The van der Waals surface area contributed by atoms with Gasteiger partial charge >= 0.3 is 6.09 Å². The van der Waals surface area contributed by atoms with Crippen LogP contribution in [-0.2, 0) is 9.47 Å². The summed E-state index contributed by atoms with van der Waals surface area (Å²) in [4.78, 5) is 13.2. The molecule has 1 heterocycles. The number of ether oxygens (including phenoxy) is 2. The molecule has 0 bridgehead atoms. The minimum atomic E-state index is -1.27. The normalized spacial score (nSPS) is 24.6. The Morgan fingerprint density at radius 3 is 2.40 bits per heavy atom. The van der Waals surface area contributed by atoms with Crippen molar-refractivity contribution in [3.05, 3.63) is 0 Å². The van der Waals surface area contributed by atoms with Crippen molar-refractivity contribution in [3.8, 4) is 0 Å². The maximum Gasteiger partial charge on any atom is 0.410 e. The maximum atomic E-state index is 14.0. The summed E-state index contributed by atoms with van der Waals surface area (Å²) in [6.07, 6.45) is -1.95. The molecule has 1 rings (SSSR count). The van der Waals surface area contributed by atoms with Crippen molar-refractivity contribution < 1.29 is 23.8 Å². The molecule has 1 amide bonds. The van der Waals surface area contributed by atoms with Gasteiger partial charge < -0.3 is 19.5 Å². The predicted molar refractivity (Wildman–Crippen MR) is 73.4 cm³/mol. The number of aliphatic hydroxyl groups is 1. The van der Waals surface area contributed by atoms with E-state index in [-0.39, 0.29) is 13.2 Å². The van der Waals surface area contributed by atoms with Gasteiger partial charge in [0.2, 0.25) is 0 Å². The van der Waals surface area contributed by atoms with Gasteiger partial charge in [-0.3, -0.25) is 0 Å². The summed E-state index contributed by atoms with van der Waals surface area (Å²) in [6.45, 7) is 8.97. The Hall–Kier alpha value is -0.880. The summed E-state index contributed by atoms with van der Waals surface area (Å²) >= 11 is 0. The number of carbonyl (C=O) groups is 1. The summed E-state index contributed by atoms with van der Waals surface area (Å²) < 4.78 is 24.6. The average molecular weight is 291 g/mol. The molecular formula is C14H26FNO4. The van der Waals surface area contributed by atoms with Gasteiger partial charge in [0.1, 0.15) is 11.8 Å². The molecular weight excluding hydrogens is 265 g/mol. The molecule has 0 aliphatic carbocycles. The van der Waals surface area contributed by atoms with Crippen molar-refractivity contribution in [2.24, 2.45) is 0 Å². The van der Waals surface area contributed by atoms with Crippen molar-refractivity contribution in [1.82, 2.24) is 4.90 Å². The first-order valence-electron chi connectivity index (χ1n) is 6.94. The van der Waals surface area contributed by atoms with E-state index in [0.29, 0.717) is 13.0 Å². The molecule has 6 heteroatoms. The highest BCUT2D eigenvalue weighted by atomic mass is 19.1. The van der Waals surface area contributed by atoms with Crippen LogP contribution in [0.2, 0.25) is 0 Å². The highest BCUT2D eigenvalue weighted by molar-refractivity contribution is 5.68. The van der Waals surface area contributed by atoms with E-state index in [4.69, 9.17) is 9.47 Å². The molecule has 20 heavy (non-hydrogen) atoms. The second kappa shape index (κ2) is 6.26. The number of carbonyl (C=O) groups excluding carboxylic acids is 1. The number of nitrogens with zero attached hydrogens (tertiary/aromatic N) is 1. The van der Waals surface area contributed by atoms with Crippen LogP contribution in [0.1, 0.15) is 41.0 Å². The first-order valence-corrected chi connectivity index (χ1v) is 6.94. The van der Waals surface area contributed by atoms with E-state index < -0.39 is 29.6 Å². The summed E-state index contributed by atoms with van der Waals surface area (Å²) in [7, 11) is 0. The summed E-state index contributed by atoms with van der Waals surface area (Å²) in [5.41, 5.74) is -1.57. The molecule has 1 aliphatic heterocycles. The summed E-state index contributed by atoms with van der Waals surface area (Å²) in [5, 5.41) is 9.57. The van der Waals surface area contributed by atoms with E-state index >= 15 is 0 Å². The molecule has 0 aromatic carbocycles. The van der Waals surface area contributed by atoms with Crippen molar-refractivity contribution in [2.45, 2.75) is 64.5 Å². The van der Waals surface area contributed by atoms with E-state index in [1.807, 2.05) is 0 Å². The lowest BCUT2D eigenvalue weighted by atomic mass is 10.1. The van der Waals surface area contributed by atoms with E-state index in [1.54, 1.807) is 34.6 Å². The molecule has 2 atom stereocenters. The fourth-order valence-corrected chi connectivity index (χ4v) is 1.87. The lowest BCUT2D eigenvalue weighted by Crippen LogP contribution is -2.50. The van der Waals surface area contributed by atoms with Gasteiger partial charge in [0.05, 0.1) is 24.9 Å². The number of rotatable bonds is 3. The van der Waals surface area contributed by atoms with Crippen LogP contribution >= 0.6 is 0 Å². The molecule has 0 saturated carbocycles. The van der Waals surface area contributed by atoms with Crippen LogP contribution < -0.4 is 0 Å². The van der Waals surface area contributed by atoms with Crippen LogP contribution in [0.4, 0.5) is 9.18 Å². The lowest BCUT2D eigenvalue weighted by Gasteiger charge is -2.36. The predicted octanol–water partition coefficient (Wildman–Crippen LogP) is 2.12. The largest absolute Gasteiger partial charge is 0.444 e. The lowest BCUT2D eigenvalue weighted by molar-refractivity contribution is -0.0964. The third-order valence-electron chi connectivity index (χ3n) is 2.78. The van der Waals surface area contributed by atoms with Gasteiger partial charge in [-0.05, 0) is 41.0 Å². The Labute approximate surface area is 120 Å². The number of alkyl halides is 1. The van der Waals surface area contributed by atoms with Crippen molar-refractivity contribution in [3.63, 3.8) is 0 Å². The molecule has 0 aromatic rings. The topological polar surface area (TPSA) is 59.0 Å². The van der Waals surface area contributed by atoms with Crippen LogP contribution in [0.5, 0.6) is 0 Å². The van der Waals surface area contributed by atoms with Gasteiger partial charge in [-0.25, -0.2) is 9.18 Å². The average Bonchev–Trinajstić information content (AvgIpc) is 2.23. The van der Waals surface area contributed by atoms with Crippen LogP contribution in [0.25, 0.3) is 0 Å². The second-order valence-electron chi connectivity index (χ2n) is 6.89. The Balaban J connectivity index is 2.45. The second-order valence-corrected chi connectivity index (χ2v) is 6.89. The zero-order valence-electron chi connectivity index (χ0n) is 13.0. The van der Waals surface area contributed by atoms with Crippen LogP contribution in [0.15, 0.2) is 0 Å². The van der Waals surface area contributed by atoms with E-state index in [2.05, 4.69) is 0 Å². The van der Waals surface area contributed by atoms with Crippen molar-refractivity contribution in [2.75, 3.05) is 19.7 Å². The van der Waals surface area contributed by atoms with E-state index in [0.717, 1.165) is 0 Å². The van der Waals surface area contributed by atoms with Gasteiger partial charge in [-0.1, -0.05) is 0 Å². The molecule has 1 aliphatic rings. The number of likely N-dealkylation sites (tertiary alicyclic amines) is 1. The Kier molecular flexibility index (Phi) is 5.38. The zero-order chi connectivity index (χ0) is 15.6. The van der Waals surface area contributed by atoms with Crippen LogP contribution in [0.3, 0.4) is 0 Å². The van der Waals surface area contributed by atoms with Crippen LogP contribution in [0, 0.1) is 0 Å². The third-order valence-corrected chi connectivity index (χ3v) is 2.78. The quantitative estimate of drug-likeness (QED) is 0.865. The van der Waals surface area contributed by atoms with Gasteiger partial charge in [-0.15, -0.1) is 0 Å². The molecule has 1 fully saturated rings. The maximum absolute atomic E-state index is 14.0. The van der Waals surface area contributed by atoms with E-state index in [9.17, 15) is 14.3 Å². The van der Waals surface area contributed by atoms with Gasteiger partial charge in [-0.2, -0.15) is 0 Å². The highest BCUT2D eigenvalue weighted by Crippen LogP contribution is 2.21. The Bertz CT molecular complexity index is 335. The molecule has 1 N–H and O–H groups in total. The molecule has 0 spiro atoms. The molecule has 5 nitrogen and oxygen atoms in total. The third kappa shape index (κ3) is 6.05. The molecule has 118 valence electrons. The zero-order valence-corrected chi connectivity index (χ0v) is 13.0. The van der Waals surface area contributed by atoms with Gasteiger partial charge in [0, 0.05) is 6.54 Å². The van der Waals surface area contributed by atoms with Gasteiger partial charge in [0.15, 0.2) is 0 Å². The van der Waals surface area contributed by atoms with Crippen LogP contribution in [-0.4, -0.2) is 59.3 Å².